The number of ether oxygens (including phenoxy) is 1. The molecule has 0 unspecified atom stereocenters. The molecule has 2 aromatic carbocycles. The summed E-state index contributed by atoms with van der Waals surface area (Å²) in [5.74, 6) is 0.373. The zero-order valence-electron chi connectivity index (χ0n) is 15.6. The lowest BCUT2D eigenvalue weighted by Crippen LogP contribution is -2.50. The number of aryl methyl sites for hydroxylation is 1. The fourth-order valence-electron chi connectivity index (χ4n) is 3.20. The first-order valence-electron chi connectivity index (χ1n) is 9.04. The Hall–Kier alpha value is -2.53. The van der Waals surface area contributed by atoms with E-state index in [0.717, 1.165) is 6.42 Å². The number of piperazine rings is 1. The largest absolute Gasteiger partial charge is 0.496 e. The van der Waals surface area contributed by atoms with E-state index in [0.29, 0.717) is 48.1 Å². The maximum absolute atomic E-state index is 12.8. The molecule has 1 saturated heterocycles. The van der Waals surface area contributed by atoms with Crippen LogP contribution < -0.4 is 4.74 Å². The lowest BCUT2D eigenvalue weighted by atomic mass is 10.1. The number of methoxy groups -OCH3 is 1. The molecule has 0 bridgehead atoms. The molecular formula is C21H23ClN2O3. The van der Waals surface area contributed by atoms with Gasteiger partial charge in [-0.15, -0.1) is 0 Å². The van der Waals surface area contributed by atoms with Gasteiger partial charge >= 0.3 is 0 Å². The van der Waals surface area contributed by atoms with Crippen molar-refractivity contribution >= 4 is 23.4 Å². The van der Waals surface area contributed by atoms with E-state index in [4.69, 9.17) is 16.3 Å². The minimum absolute atomic E-state index is 0.00471. The van der Waals surface area contributed by atoms with Gasteiger partial charge in [0, 0.05) is 36.8 Å². The van der Waals surface area contributed by atoms with E-state index in [1.54, 1.807) is 28.0 Å². The standard InChI is InChI=1S/C21H23ClN2O3/c1-3-15-4-6-16(7-5-15)20(25)23-10-12-24(13-11-23)21(26)18-14-17(22)8-9-19(18)27-2/h4-9,14H,3,10-13H2,1-2H3. The molecule has 5 nitrogen and oxygen atoms in total. The van der Waals surface area contributed by atoms with Gasteiger partial charge in [0.2, 0.25) is 0 Å². The quantitative estimate of drug-likeness (QED) is 0.807. The van der Waals surface area contributed by atoms with Crippen LogP contribution in [0.4, 0.5) is 0 Å². The first-order chi connectivity index (χ1) is 13.0. The maximum atomic E-state index is 12.8. The Bertz CT molecular complexity index is 828. The zero-order valence-corrected chi connectivity index (χ0v) is 16.3. The van der Waals surface area contributed by atoms with Crippen molar-refractivity contribution < 1.29 is 14.3 Å². The third-order valence-corrected chi connectivity index (χ3v) is 5.09. The van der Waals surface area contributed by atoms with Gasteiger partial charge in [0.15, 0.2) is 0 Å². The van der Waals surface area contributed by atoms with E-state index in [2.05, 4.69) is 6.92 Å². The van der Waals surface area contributed by atoms with Gasteiger partial charge in [-0.1, -0.05) is 30.7 Å². The maximum Gasteiger partial charge on any atom is 0.257 e. The molecule has 1 aliphatic rings. The van der Waals surface area contributed by atoms with Gasteiger partial charge in [-0.2, -0.15) is 0 Å². The molecule has 0 saturated carbocycles. The number of carbonyl (C=O) groups excluding carboxylic acids is 2. The molecule has 27 heavy (non-hydrogen) atoms. The second-order valence-electron chi connectivity index (χ2n) is 6.48. The van der Waals surface area contributed by atoms with Crippen molar-refractivity contribution in [2.75, 3.05) is 33.3 Å². The highest BCUT2D eigenvalue weighted by molar-refractivity contribution is 6.31. The van der Waals surface area contributed by atoms with Crippen molar-refractivity contribution in [2.24, 2.45) is 0 Å². The molecule has 1 fully saturated rings. The van der Waals surface area contributed by atoms with Crippen LogP contribution in [0.5, 0.6) is 5.75 Å². The van der Waals surface area contributed by atoms with Crippen molar-refractivity contribution in [3.63, 3.8) is 0 Å². The first-order valence-corrected chi connectivity index (χ1v) is 9.42. The number of hydrogen-bond donors (Lipinski definition) is 0. The fourth-order valence-corrected chi connectivity index (χ4v) is 3.37. The van der Waals surface area contributed by atoms with Crippen LogP contribution in [-0.4, -0.2) is 54.9 Å². The Labute approximate surface area is 164 Å². The molecule has 0 spiro atoms. The summed E-state index contributed by atoms with van der Waals surface area (Å²) in [5, 5.41) is 0.489. The normalized spacial score (nSPS) is 14.2. The van der Waals surface area contributed by atoms with Crippen LogP contribution >= 0.6 is 11.6 Å². The predicted octanol–water partition coefficient (Wildman–Crippen LogP) is 3.51. The average molecular weight is 387 g/mol. The van der Waals surface area contributed by atoms with Gasteiger partial charge in [-0.25, -0.2) is 0 Å². The van der Waals surface area contributed by atoms with E-state index < -0.39 is 0 Å². The summed E-state index contributed by atoms with van der Waals surface area (Å²) < 4.78 is 5.28. The lowest BCUT2D eigenvalue weighted by Gasteiger charge is -2.35. The third kappa shape index (κ3) is 4.25. The SMILES string of the molecule is CCc1ccc(C(=O)N2CCN(C(=O)c3cc(Cl)ccc3OC)CC2)cc1. The predicted molar refractivity (Wildman–Crippen MR) is 106 cm³/mol. The van der Waals surface area contributed by atoms with Crippen molar-refractivity contribution in [1.29, 1.82) is 0 Å². The molecule has 1 heterocycles. The Morgan fingerprint density at radius 1 is 0.963 bits per heavy atom. The number of carbonyl (C=O) groups is 2. The van der Waals surface area contributed by atoms with Crippen LogP contribution in [0.3, 0.4) is 0 Å². The van der Waals surface area contributed by atoms with Crippen molar-refractivity contribution in [3.8, 4) is 5.75 Å². The summed E-state index contributed by atoms with van der Waals surface area (Å²) >= 11 is 6.03. The van der Waals surface area contributed by atoms with Gasteiger partial charge in [0.05, 0.1) is 12.7 Å². The summed E-state index contributed by atoms with van der Waals surface area (Å²) in [7, 11) is 1.53. The highest BCUT2D eigenvalue weighted by Crippen LogP contribution is 2.24. The topological polar surface area (TPSA) is 49.9 Å². The molecule has 1 aliphatic heterocycles. The Kier molecular flexibility index (Phi) is 6.01. The summed E-state index contributed by atoms with van der Waals surface area (Å²) in [6, 6.07) is 12.7. The van der Waals surface area contributed by atoms with Gasteiger partial charge in [-0.05, 0) is 42.3 Å². The number of halogens is 1. The highest BCUT2D eigenvalue weighted by atomic mass is 35.5. The zero-order chi connectivity index (χ0) is 19.4. The van der Waals surface area contributed by atoms with E-state index >= 15 is 0 Å². The molecule has 2 amide bonds. The van der Waals surface area contributed by atoms with Crippen LogP contribution in [0.25, 0.3) is 0 Å². The minimum atomic E-state index is -0.131. The number of benzene rings is 2. The number of hydrogen-bond acceptors (Lipinski definition) is 3. The third-order valence-electron chi connectivity index (χ3n) is 4.86. The molecule has 3 rings (SSSR count). The summed E-state index contributed by atoms with van der Waals surface area (Å²) in [4.78, 5) is 29.0. The second kappa shape index (κ2) is 8.44. The molecule has 6 heteroatoms. The highest BCUT2D eigenvalue weighted by Gasteiger charge is 2.27. The Balaban J connectivity index is 1.65. The first kappa shape index (κ1) is 19.2. The van der Waals surface area contributed by atoms with Gasteiger partial charge in [0.25, 0.3) is 11.8 Å². The molecular weight excluding hydrogens is 364 g/mol. The summed E-state index contributed by atoms with van der Waals surface area (Å²) in [6.45, 7) is 4.05. The fraction of sp³-hybridized carbons (Fsp3) is 0.333. The van der Waals surface area contributed by atoms with E-state index in [9.17, 15) is 9.59 Å². The van der Waals surface area contributed by atoms with Gasteiger partial charge < -0.3 is 14.5 Å². The Morgan fingerprint density at radius 2 is 1.56 bits per heavy atom. The van der Waals surface area contributed by atoms with E-state index in [1.807, 2.05) is 24.3 Å². The summed E-state index contributed by atoms with van der Waals surface area (Å²) in [5.41, 5.74) is 2.33. The van der Waals surface area contributed by atoms with Gasteiger partial charge in [-0.3, -0.25) is 9.59 Å². The number of amides is 2. The van der Waals surface area contributed by atoms with Crippen molar-refractivity contribution in [1.82, 2.24) is 9.80 Å². The molecule has 0 atom stereocenters. The average Bonchev–Trinajstić information content (AvgIpc) is 2.73. The van der Waals surface area contributed by atoms with E-state index in [1.165, 1.54) is 12.7 Å². The minimum Gasteiger partial charge on any atom is -0.496 e. The summed E-state index contributed by atoms with van der Waals surface area (Å²) in [6.07, 6.45) is 0.947. The second-order valence-corrected chi connectivity index (χ2v) is 6.92. The lowest BCUT2D eigenvalue weighted by molar-refractivity contribution is 0.0533. The molecule has 2 aromatic rings. The molecule has 0 radical (unpaired) electrons. The molecule has 0 aliphatic carbocycles. The van der Waals surface area contributed by atoms with Crippen LogP contribution in [-0.2, 0) is 6.42 Å². The van der Waals surface area contributed by atoms with Crippen LogP contribution in [0.15, 0.2) is 42.5 Å². The van der Waals surface area contributed by atoms with Crippen molar-refractivity contribution in [3.05, 3.63) is 64.2 Å². The Morgan fingerprint density at radius 3 is 2.11 bits per heavy atom. The molecule has 0 N–H and O–H groups in total. The molecule has 0 aromatic heterocycles. The number of nitrogens with zero attached hydrogens (tertiary/aromatic N) is 2. The van der Waals surface area contributed by atoms with Crippen LogP contribution in [0, 0.1) is 0 Å². The van der Waals surface area contributed by atoms with Crippen molar-refractivity contribution in [2.45, 2.75) is 13.3 Å². The van der Waals surface area contributed by atoms with E-state index in [-0.39, 0.29) is 11.8 Å². The molecule has 142 valence electrons. The number of rotatable bonds is 4. The smallest absolute Gasteiger partial charge is 0.257 e. The van der Waals surface area contributed by atoms with Crippen LogP contribution in [0.1, 0.15) is 33.2 Å². The monoisotopic (exact) mass is 386 g/mol. The van der Waals surface area contributed by atoms with Crippen LogP contribution in [0.2, 0.25) is 5.02 Å². The van der Waals surface area contributed by atoms with Gasteiger partial charge in [0.1, 0.15) is 5.75 Å².